The van der Waals surface area contributed by atoms with Crippen LogP contribution in [0, 0.1) is 0 Å². The molecule has 0 aliphatic heterocycles. The van der Waals surface area contributed by atoms with Gasteiger partial charge in [-0.15, -0.1) is 0 Å². The van der Waals surface area contributed by atoms with Crippen molar-refractivity contribution in [1.29, 1.82) is 0 Å². The molecule has 19 heavy (non-hydrogen) atoms. The van der Waals surface area contributed by atoms with Gasteiger partial charge < -0.3 is 0 Å². The van der Waals surface area contributed by atoms with Crippen LogP contribution in [-0.4, -0.2) is 9.78 Å². The fourth-order valence-corrected chi connectivity index (χ4v) is 2.02. The molecule has 102 valence electrons. The van der Waals surface area contributed by atoms with Crippen LogP contribution in [0.5, 0.6) is 0 Å². The highest BCUT2D eigenvalue weighted by Crippen LogP contribution is 2.30. The van der Waals surface area contributed by atoms with E-state index in [0.717, 1.165) is 30.7 Å². The van der Waals surface area contributed by atoms with Crippen LogP contribution in [0.4, 0.5) is 13.2 Å². The molecular formula is C13H12ClF3N2. The van der Waals surface area contributed by atoms with Crippen molar-refractivity contribution in [2.45, 2.75) is 25.9 Å². The fraction of sp³-hybridized carbons (Fsp3) is 0.308. The van der Waals surface area contributed by atoms with E-state index < -0.39 is 11.7 Å². The third kappa shape index (κ3) is 3.10. The quantitative estimate of drug-likeness (QED) is 0.813. The molecule has 0 radical (unpaired) electrons. The van der Waals surface area contributed by atoms with Crippen molar-refractivity contribution in [2.75, 3.05) is 0 Å². The molecule has 1 heterocycles. The van der Waals surface area contributed by atoms with Crippen LogP contribution in [0.25, 0.3) is 5.69 Å². The van der Waals surface area contributed by atoms with Gasteiger partial charge in [0.2, 0.25) is 0 Å². The van der Waals surface area contributed by atoms with Gasteiger partial charge in [0.25, 0.3) is 0 Å². The third-order valence-electron chi connectivity index (χ3n) is 2.66. The topological polar surface area (TPSA) is 17.8 Å². The monoisotopic (exact) mass is 288 g/mol. The lowest BCUT2D eigenvalue weighted by atomic mass is 10.2. The summed E-state index contributed by atoms with van der Waals surface area (Å²) in [6.07, 6.45) is -2.62. The summed E-state index contributed by atoms with van der Waals surface area (Å²) in [5, 5.41) is 4.66. The van der Waals surface area contributed by atoms with Crippen LogP contribution in [0.1, 0.15) is 24.6 Å². The molecule has 0 spiro atoms. The molecule has 1 aromatic carbocycles. The fourth-order valence-electron chi connectivity index (χ4n) is 1.75. The molecule has 0 fully saturated rings. The van der Waals surface area contributed by atoms with Gasteiger partial charge in [0, 0.05) is 0 Å². The minimum absolute atomic E-state index is 0.392. The SMILES string of the molecule is CCCc1cc(Cl)n(-c2ccc(C(F)(F)F)cc2)n1. The number of aryl methyl sites for hydroxylation is 1. The zero-order valence-corrected chi connectivity index (χ0v) is 11.0. The lowest BCUT2D eigenvalue weighted by molar-refractivity contribution is -0.137. The first-order chi connectivity index (χ1) is 8.91. The Kier molecular flexibility index (Phi) is 3.85. The van der Waals surface area contributed by atoms with Crippen LogP contribution >= 0.6 is 11.6 Å². The summed E-state index contributed by atoms with van der Waals surface area (Å²) in [6, 6.07) is 6.48. The highest BCUT2D eigenvalue weighted by Gasteiger charge is 2.30. The van der Waals surface area contributed by atoms with E-state index in [4.69, 9.17) is 11.6 Å². The predicted octanol–water partition coefficient (Wildman–Crippen LogP) is 4.50. The van der Waals surface area contributed by atoms with Gasteiger partial charge in [-0.05, 0) is 36.8 Å². The van der Waals surface area contributed by atoms with E-state index in [9.17, 15) is 13.2 Å². The van der Waals surface area contributed by atoms with E-state index in [1.54, 1.807) is 6.07 Å². The number of rotatable bonds is 3. The van der Waals surface area contributed by atoms with Crippen molar-refractivity contribution in [3.05, 3.63) is 46.7 Å². The highest BCUT2D eigenvalue weighted by molar-refractivity contribution is 6.29. The largest absolute Gasteiger partial charge is 0.416 e. The molecule has 0 amide bonds. The Hall–Kier alpha value is -1.49. The smallest absolute Gasteiger partial charge is 0.222 e. The maximum Gasteiger partial charge on any atom is 0.416 e. The number of nitrogens with zero attached hydrogens (tertiary/aromatic N) is 2. The van der Waals surface area contributed by atoms with Crippen molar-refractivity contribution in [3.63, 3.8) is 0 Å². The van der Waals surface area contributed by atoms with Gasteiger partial charge in [-0.25, -0.2) is 4.68 Å². The van der Waals surface area contributed by atoms with Gasteiger partial charge in [0.1, 0.15) is 5.15 Å². The van der Waals surface area contributed by atoms with Gasteiger partial charge >= 0.3 is 6.18 Å². The van der Waals surface area contributed by atoms with Crippen molar-refractivity contribution in [1.82, 2.24) is 9.78 Å². The zero-order valence-electron chi connectivity index (χ0n) is 10.2. The summed E-state index contributed by atoms with van der Waals surface area (Å²) in [5.74, 6) is 0. The van der Waals surface area contributed by atoms with Gasteiger partial charge in [-0.2, -0.15) is 18.3 Å². The van der Waals surface area contributed by atoms with Crippen molar-refractivity contribution in [2.24, 2.45) is 0 Å². The van der Waals surface area contributed by atoms with E-state index in [0.29, 0.717) is 10.8 Å². The lowest BCUT2D eigenvalue weighted by Crippen LogP contribution is -2.05. The number of halogens is 4. The van der Waals surface area contributed by atoms with Crippen LogP contribution < -0.4 is 0 Å². The van der Waals surface area contributed by atoms with E-state index >= 15 is 0 Å². The second-order valence-electron chi connectivity index (χ2n) is 4.16. The summed E-state index contributed by atoms with van der Waals surface area (Å²) in [5.41, 5.74) is 0.654. The number of alkyl halides is 3. The molecule has 0 atom stereocenters. The molecule has 2 rings (SSSR count). The van der Waals surface area contributed by atoms with Crippen molar-refractivity contribution < 1.29 is 13.2 Å². The first-order valence-electron chi connectivity index (χ1n) is 5.84. The maximum atomic E-state index is 12.5. The second-order valence-corrected chi connectivity index (χ2v) is 4.55. The first kappa shape index (κ1) is 13.9. The molecule has 2 nitrogen and oxygen atoms in total. The average molecular weight is 289 g/mol. The Morgan fingerprint density at radius 2 is 1.84 bits per heavy atom. The van der Waals surface area contributed by atoms with Gasteiger partial charge in [-0.3, -0.25) is 0 Å². The number of benzene rings is 1. The summed E-state index contributed by atoms with van der Waals surface area (Å²) >= 11 is 6.02. The molecule has 0 saturated heterocycles. The minimum atomic E-state index is -4.33. The molecule has 0 N–H and O–H groups in total. The van der Waals surface area contributed by atoms with E-state index in [1.165, 1.54) is 16.8 Å². The van der Waals surface area contributed by atoms with Crippen LogP contribution in [0.2, 0.25) is 5.15 Å². The molecule has 0 saturated carbocycles. The van der Waals surface area contributed by atoms with E-state index in [-0.39, 0.29) is 0 Å². The van der Waals surface area contributed by atoms with Crippen LogP contribution in [0.15, 0.2) is 30.3 Å². The van der Waals surface area contributed by atoms with Gasteiger partial charge in [0.05, 0.1) is 16.9 Å². The first-order valence-corrected chi connectivity index (χ1v) is 6.21. The molecule has 0 aliphatic rings. The van der Waals surface area contributed by atoms with E-state index in [1.807, 2.05) is 6.92 Å². The Morgan fingerprint density at radius 3 is 2.37 bits per heavy atom. The van der Waals surface area contributed by atoms with Crippen LogP contribution in [-0.2, 0) is 12.6 Å². The highest BCUT2D eigenvalue weighted by atomic mass is 35.5. The molecular weight excluding hydrogens is 277 g/mol. The Morgan fingerprint density at radius 1 is 1.21 bits per heavy atom. The Balaban J connectivity index is 2.32. The minimum Gasteiger partial charge on any atom is -0.222 e. The standard InChI is InChI=1S/C13H12ClF3N2/c1-2-3-10-8-12(14)19(18-10)11-6-4-9(5-7-11)13(15,16)17/h4-8H,2-3H2,1H3. The van der Waals surface area contributed by atoms with Crippen LogP contribution in [0.3, 0.4) is 0 Å². The Labute approximate surface area is 113 Å². The number of aromatic nitrogens is 2. The summed E-state index contributed by atoms with van der Waals surface area (Å²) in [6.45, 7) is 2.02. The molecule has 2 aromatic rings. The second kappa shape index (κ2) is 5.25. The number of hydrogen-bond donors (Lipinski definition) is 0. The third-order valence-corrected chi connectivity index (χ3v) is 2.93. The average Bonchev–Trinajstić information content (AvgIpc) is 2.70. The molecule has 6 heteroatoms. The van der Waals surface area contributed by atoms with Gasteiger partial charge in [0.15, 0.2) is 0 Å². The zero-order chi connectivity index (χ0) is 14.0. The van der Waals surface area contributed by atoms with E-state index in [2.05, 4.69) is 5.10 Å². The van der Waals surface area contributed by atoms with Gasteiger partial charge in [-0.1, -0.05) is 24.9 Å². The molecule has 0 bridgehead atoms. The molecule has 0 aliphatic carbocycles. The Bertz CT molecular complexity index is 558. The summed E-state index contributed by atoms with van der Waals surface area (Å²) < 4.78 is 38.8. The summed E-state index contributed by atoms with van der Waals surface area (Å²) in [7, 11) is 0. The van der Waals surface area contributed by atoms with Crippen molar-refractivity contribution >= 4 is 11.6 Å². The summed E-state index contributed by atoms with van der Waals surface area (Å²) in [4.78, 5) is 0. The lowest BCUT2D eigenvalue weighted by Gasteiger charge is -2.08. The predicted molar refractivity (Wildman–Crippen MR) is 67.6 cm³/mol. The normalized spacial score (nSPS) is 11.8. The maximum absolute atomic E-state index is 12.5. The number of hydrogen-bond acceptors (Lipinski definition) is 1. The molecule has 1 aromatic heterocycles. The van der Waals surface area contributed by atoms with Crippen molar-refractivity contribution in [3.8, 4) is 5.69 Å². The molecule has 0 unspecified atom stereocenters.